The van der Waals surface area contributed by atoms with Crippen LogP contribution in [0, 0.1) is 5.82 Å². The largest absolute Gasteiger partial charge is 0.443 e. The molecule has 0 unspecified atom stereocenters. The minimum Gasteiger partial charge on any atom is -0.443 e. The van der Waals surface area contributed by atoms with Crippen LogP contribution in [0.1, 0.15) is 5.56 Å². The Morgan fingerprint density at radius 1 is 1.19 bits per heavy atom. The van der Waals surface area contributed by atoms with Crippen molar-refractivity contribution in [2.75, 3.05) is 10.2 Å². The minimum absolute atomic E-state index is 0.111. The maximum absolute atomic E-state index is 13.3. The van der Waals surface area contributed by atoms with Gasteiger partial charge < -0.3 is 9.73 Å². The van der Waals surface area contributed by atoms with E-state index in [1.165, 1.54) is 24.6 Å². The Morgan fingerprint density at radius 2 is 1.96 bits per heavy atom. The number of aromatic nitrogens is 1. The molecule has 2 aromatic carbocycles. The summed E-state index contributed by atoms with van der Waals surface area (Å²) >= 11 is 0. The average molecular weight is 367 g/mol. The fourth-order valence-corrected chi connectivity index (χ4v) is 2.22. The molecule has 0 aliphatic rings. The number of anilines is 2. The van der Waals surface area contributed by atoms with Gasteiger partial charge in [-0.15, -0.1) is 0 Å². The van der Waals surface area contributed by atoms with Gasteiger partial charge in [0.15, 0.2) is 12.0 Å². The lowest BCUT2D eigenvalue weighted by Crippen LogP contribution is -2.33. The Balaban J connectivity index is 1.87. The normalized spacial score (nSPS) is 11.4. The van der Waals surface area contributed by atoms with Gasteiger partial charge in [-0.3, -0.25) is 4.79 Å². The molecule has 0 saturated heterocycles. The second-order valence-electron chi connectivity index (χ2n) is 5.10. The number of alkyl halides is 3. The molecule has 26 heavy (non-hydrogen) atoms. The van der Waals surface area contributed by atoms with E-state index in [4.69, 9.17) is 4.42 Å². The number of carbonyl (C=O) groups excluding carboxylic acids is 2. The number of oxazole rings is 1. The summed E-state index contributed by atoms with van der Waals surface area (Å²) in [6.45, 7) is 0. The Bertz CT molecular complexity index is 984. The summed E-state index contributed by atoms with van der Waals surface area (Å²) in [5.41, 5.74) is -0.941. The first kappa shape index (κ1) is 17.4. The summed E-state index contributed by atoms with van der Waals surface area (Å²) in [6, 6.07) is 5.20. The monoisotopic (exact) mass is 367 g/mol. The van der Waals surface area contributed by atoms with Crippen molar-refractivity contribution in [3.8, 4) is 0 Å². The molecule has 3 amide bonds. The van der Waals surface area contributed by atoms with Gasteiger partial charge in [0.2, 0.25) is 6.41 Å². The molecule has 0 fully saturated rings. The molecule has 0 aliphatic carbocycles. The Morgan fingerprint density at radius 3 is 2.65 bits per heavy atom. The number of rotatable bonds is 3. The number of benzene rings is 2. The molecule has 0 saturated carbocycles. The molecule has 134 valence electrons. The van der Waals surface area contributed by atoms with Gasteiger partial charge in [0.05, 0.1) is 11.3 Å². The lowest BCUT2D eigenvalue weighted by Gasteiger charge is -2.17. The topological polar surface area (TPSA) is 75.4 Å². The van der Waals surface area contributed by atoms with E-state index in [1.54, 1.807) is 0 Å². The molecule has 6 nitrogen and oxygen atoms in total. The van der Waals surface area contributed by atoms with Crippen LogP contribution >= 0.6 is 0 Å². The van der Waals surface area contributed by atoms with Gasteiger partial charge in [-0.2, -0.15) is 13.2 Å². The zero-order chi connectivity index (χ0) is 18.9. The van der Waals surface area contributed by atoms with Crippen LogP contribution in [0.2, 0.25) is 0 Å². The standard InChI is InChI=1S/C16H9F4N3O3/c17-12-3-1-9(5-11(12)16(18,19)20)22-15(25)23(8-24)10-2-4-13-14(6-10)26-7-21-13/h1-8H,(H,22,25). The summed E-state index contributed by atoms with van der Waals surface area (Å²) in [5, 5.41) is 2.12. The van der Waals surface area contributed by atoms with Crippen LogP contribution in [-0.4, -0.2) is 17.4 Å². The fraction of sp³-hybridized carbons (Fsp3) is 0.0625. The molecule has 0 atom stereocenters. The van der Waals surface area contributed by atoms with E-state index >= 15 is 0 Å². The number of nitrogens with one attached hydrogen (secondary N) is 1. The SMILES string of the molecule is O=CN(C(=O)Nc1ccc(F)c(C(F)(F)F)c1)c1ccc2ncoc2c1. The zero-order valence-corrected chi connectivity index (χ0v) is 12.7. The highest BCUT2D eigenvalue weighted by atomic mass is 19.4. The molecule has 3 aromatic rings. The van der Waals surface area contributed by atoms with E-state index in [0.29, 0.717) is 28.1 Å². The summed E-state index contributed by atoms with van der Waals surface area (Å²) < 4.78 is 56.6. The van der Waals surface area contributed by atoms with E-state index in [0.717, 1.165) is 6.07 Å². The second-order valence-corrected chi connectivity index (χ2v) is 5.10. The zero-order valence-electron chi connectivity index (χ0n) is 12.7. The van der Waals surface area contributed by atoms with Crippen LogP contribution in [0.4, 0.5) is 33.7 Å². The van der Waals surface area contributed by atoms with Crippen LogP contribution in [0.25, 0.3) is 11.1 Å². The molecule has 3 rings (SSSR count). The maximum Gasteiger partial charge on any atom is 0.419 e. The number of nitrogens with zero attached hydrogens (tertiary/aromatic N) is 2. The van der Waals surface area contributed by atoms with E-state index in [1.807, 2.05) is 0 Å². The Hall–Kier alpha value is -3.43. The minimum atomic E-state index is -4.92. The highest BCUT2D eigenvalue weighted by Crippen LogP contribution is 2.33. The van der Waals surface area contributed by atoms with E-state index in [2.05, 4.69) is 10.3 Å². The van der Waals surface area contributed by atoms with Crippen molar-refractivity contribution in [2.45, 2.75) is 6.18 Å². The van der Waals surface area contributed by atoms with E-state index in [9.17, 15) is 27.2 Å². The van der Waals surface area contributed by atoms with E-state index < -0.39 is 23.6 Å². The van der Waals surface area contributed by atoms with Crippen molar-refractivity contribution in [1.29, 1.82) is 0 Å². The summed E-state index contributed by atoms with van der Waals surface area (Å²) in [7, 11) is 0. The van der Waals surface area contributed by atoms with Gasteiger partial charge in [-0.05, 0) is 30.3 Å². The summed E-state index contributed by atoms with van der Waals surface area (Å²) in [5.74, 6) is -1.47. The third-order valence-corrected chi connectivity index (χ3v) is 3.44. The molecule has 1 aromatic heterocycles. The van der Waals surface area contributed by atoms with Crippen LogP contribution in [-0.2, 0) is 11.0 Å². The number of fused-ring (bicyclic) bond motifs is 1. The average Bonchev–Trinajstić information content (AvgIpc) is 3.04. The first-order valence-corrected chi connectivity index (χ1v) is 7.05. The number of halogens is 4. The Kier molecular flexibility index (Phi) is 4.33. The molecule has 1 heterocycles. The highest BCUT2D eigenvalue weighted by molar-refractivity contribution is 6.12. The predicted octanol–water partition coefficient (Wildman–Crippen LogP) is 4.18. The van der Waals surface area contributed by atoms with Crippen LogP contribution in [0.3, 0.4) is 0 Å². The van der Waals surface area contributed by atoms with Crippen LogP contribution in [0.5, 0.6) is 0 Å². The molecular weight excluding hydrogens is 358 g/mol. The summed E-state index contributed by atoms with van der Waals surface area (Å²) in [4.78, 5) is 28.0. The fourth-order valence-electron chi connectivity index (χ4n) is 2.22. The maximum atomic E-state index is 13.3. The van der Waals surface area contributed by atoms with Gasteiger partial charge in [-0.25, -0.2) is 19.1 Å². The van der Waals surface area contributed by atoms with Crippen molar-refractivity contribution in [3.05, 3.63) is 54.2 Å². The molecule has 10 heteroatoms. The third-order valence-electron chi connectivity index (χ3n) is 3.44. The lowest BCUT2D eigenvalue weighted by atomic mass is 10.2. The Labute approximate surface area is 143 Å². The van der Waals surface area contributed by atoms with Crippen molar-refractivity contribution in [2.24, 2.45) is 0 Å². The number of carbonyl (C=O) groups is 2. The van der Waals surface area contributed by atoms with Crippen molar-refractivity contribution in [1.82, 2.24) is 4.98 Å². The number of urea groups is 1. The predicted molar refractivity (Wildman–Crippen MR) is 83.0 cm³/mol. The lowest BCUT2D eigenvalue weighted by molar-refractivity contribution is -0.139. The first-order chi connectivity index (χ1) is 12.3. The van der Waals surface area contributed by atoms with Gasteiger partial charge in [0.1, 0.15) is 11.3 Å². The van der Waals surface area contributed by atoms with Gasteiger partial charge >= 0.3 is 12.2 Å². The van der Waals surface area contributed by atoms with Crippen molar-refractivity contribution in [3.63, 3.8) is 0 Å². The van der Waals surface area contributed by atoms with Gasteiger partial charge in [0.25, 0.3) is 0 Å². The van der Waals surface area contributed by atoms with Crippen molar-refractivity contribution < 1.29 is 31.6 Å². The van der Waals surface area contributed by atoms with Crippen molar-refractivity contribution >= 4 is 34.9 Å². The summed E-state index contributed by atoms with van der Waals surface area (Å²) in [6.07, 6.45) is -3.56. The number of hydrogen-bond donors (Lipinski definition) is 1. The molecular formula is C16H9F4N3O3. The highest BCUT2D eigenvalue weighted by Gasteiger charge is 2.34. The quantitative estimate of drug-likeness (QED) is 0.557. The van der Waals surface area contributed by atoms with E-state index in [-0.39, 0.29) is 17.8 Å². The van der Waals surface area contributed by atoms with Crippen LogP contribution in [0.15, 0.2) is 47.2 Å². The molecule has 0 bridgehead atoms. The van der Waals surface area contributed by atoms with Gasteiger partial charge in [0, 0.05) is 11.8 Å². The van der Waals surface area contributed by atoms with Crippen LogP contribution < -0.4 is 10.2 Å². The van der Waals surface area contributed by atoms with Gasteiger partial charge in [-0.1, -0.05) is 0 Å². The molecule has 0 spiro atoms. The molecule has 0 radical (unpaired) electrons. The number of amides is 3. The smallest absolute Gasteiger partial charge is 0.419 e. The first-order valence-electron chi connectivity index (χ1n) is 7.05. The third kappa shape index (κ3) is 3.34. The second kappa shape index (κ2) is 6.47. The molecule has 0 aliphatic heterocycles. The molecule has 1 N–H and O–H groups in total. The number of hydrogen-bond acceptors (Lipinski definition) is 4. The number of imide groups is 1.